The molecule has 1 aromatic heterocycles. The molecular weight excluding hydrogens is 266 g/mol. The van der Waals surface area contributed by atoms with E-state index in [0.29, 0.717) is 18.0 Å². The predicted octanol–water partition coefficient (Wildman–Crippen LogP) is 0.855. The zero-order valence-electron chi connectivity index (χ0n) is 10.7. The second-order valence-electron chi connectivity index (χ2n) is 5.40. The van der Waals surface area contributed by atoms with Gasteiger partial charge in [0.1, 0.15) is 0 Å². The van der Waals surface area contributed by atoms with E-state index in [9.17, 15) is 13.5 Å². The molecule has 2 aliphatic rings. The van der Waals surface area contributed by atoms with Crippen molar-refractivity contribution in [3.05, 3.63) is 11.8 Å². The summed E-state index contributed by atoms with van der Waals surface area (Å²) in [7, 11) is -3.55. The molecule has 19 heavy (non-hydrogen) atoms. The Kier molecular flexibility index (Phi) is 3.36. The topological polar surface area (TPSA) is 86.3 Å². The van der Waals surface area contributed by atoms with Crippen LogP contribution in [0.2, 0.25) is 0 Å². The molecule has 0 aromatic carbocycles. The molecule has 2 atom stereocenters. The molecule has 0 amide bonds. The van der Waals surface area contributed by atoms with E-state index >= 15 is 0 Å². The Morgan fingerprint density at radius 2 is 2.16 bits per heavy atom. The molecule has 1 aliphatic heterocycles. The molecule has 2 N–H and O–H groups in total. The van der Waals surface area contributed by atoms with Crippen molar-refractivity contribution in [3.63, 3.8) is 0 Å². The Labute approximate surface area is 112 Å². The Bertz CT molecular complexity index is 554. The molecule has 106 valence electrons. The first kappa shape index (κ1) is 13.1. The summed E-state index contributed by atoms with van der Waals surface area (Å²) in [5.41, 5.74) is 0.347. The Morgan fingerprint density at radius 1 is 1.37 bits per heavy atom. The molecule has 1 aromatic rings. The van der Waals surface area contributed by atoms with Crippen molar-refractivity contribution in [2.75, 3.05) is 6.54 Å². The highest BCUT2D eigenvalue weighted by Gasteiger charge is 2.43. The van der Waals surface area contributed by atoms with Crippen LogP contribution in [0.4, 0.5) is 0 Å². The van der Waals surface area contributed by atoms with Gasteiger partial charge >= 0.3 is 0 Å². The number of fused-ring (bicyclic) bond motifs is 1. The first-order chi connectivity index (χ1) is 9.14. The van der Waals surface area contributed by atoms with E-state index < -0.39 is 10.0 Å². The summed E-state index contributed by atoms with van der Waals surface area (Å²) in [6.07, 6.45) is 6.72. The van der Waals surface area contributed by atoms with Gasteiger partial charge in [-0.2, -0.15) is 9.40 Å². The van der Waals surface area contributed by atoms with E-state index in [4.69, 9.17) is 0 Å². The highest BCUT2D eigenvalue weighted by Crippen LogP contribution is 2.39. The van der Waals surface area contributed by atoms with Crippen molar-refractivity contribution in [2.24, 2.45) is 5.92 Å². The molecule has 2 unspecified atom stereocenters. The van der Waals surface area contributed by atoms with Crippen molar-refractivity contribution in [1.29, 1.82) is 0 Å². The van der Waals surface area contributed by atoms with Gasteiger partial charge in [0, 0.05) is 18.2 Å². The largest absolute Gasteiger partial charge is 0.392 e. The van der Waals surface area contributed by atoms with Crippen molar-refractivity contribution < 1.29 is 13.5 Å². The maximum atomic E-state index is 12.7. The van der Waals surface area contributed by atoms with E-state index in [-0.39, 0.29) is 17.7 Å². The highest BCUT2D eigenvalue weighted by atomic mass is 32.2. The van der Waals surface area contributed by atoms with Gasteiger partial charge in [0.05, 0.1) is 12.8 Å². The zero-order chi connectivity index (χ0) is 13.5. The maximum absolute atomic E-state index is 12.7. The average molecular weight is 285 g/mol. The van der Waals surface area contributed by atoms with Crippen LogP contribution in [0.5, 0.6) is 0 Å². The number of sulfonamides is 1. The van der Waals surface area contributed by atoms with Crippen LogP contribution in [-0.2, 0) is 16.6 Å². The molecule has 0 spiro atoms. The number of H-pyrrole nitrogens is 1. The third-order valence-corrected chi connectivity index (χ3v) is 6.31. The minimum absolute atomic E-state index is 0.0567. The van der Waals surface area contributed by atoms with Crippen LogP contribution in [0, 0.1) is 5.92 Å². The van der Waals surface area contributed by atoms with Crippen LogP contribution in [0.15, 0.2) is 11.2 Å². The molecule has 2 fully saturated rings. The third-order valence-electron chi connectivity index (χ3n) is 4.37. The van der Waals surface area contributed by atoms with Crippen LogP contribution >= 0.6 is 0 Å². The van der Waals surface area contributed by atoms with Crippen LogP contribution in [0.25, 0.3) is 0 Å². The molecule has 2 heterocycles. The predicted molar refractivity (Wildman–Crippen MR) is 68.8 cm³/mol. The monoisotopic (exact) mass is 285 g/mol. The van der Waals surface area contributed by atoms with Gasteiger partial charge in [-0.1, -0.05) is 12.8 Å². The van der Waals surface area contributed by atoms with Gasteiger partial charge in [-0.25, -0.2) is 8.42 Å². The fourth-order valence-corrected chi connectivity index (χ4v) is 5.24. The number of aromatic nitrogens is 2. The SMILES string of the molecule is O=S(=O)(c1[nH]ncc1CO)N1CCC2CCCCC21. The van der Waals surface area contributed by atoms with E-state index in [1.165, 1.54) is 12.6 Å². The standard InChI is InChI=1S/C12H19N3O3S/c16-8-10-7-13-14-12(10)19(17,18)15-6-5-9-3-1-2-4-11(9)15/h7,9,11,16H,1-6,8H2,(H,13,14). The minimum Gasteiger partial charge on any atom is -0.392 e. The molecule has 1 aliphatic carbocycles. The fourth-order valence-electron chi connectivity index (χ4n) is 3.41. The van der Waals surface area contributed by atoms with Gasteiger partial charge in [-0.3, -0.25) is 5.10 Å². The molecular formula is C12H19N3O3S. The number of aliphatic hydroxyl groups is 1. The Morgan fingerprint density at radius 3 is 2.95 bits per heavy atom. The molecule has 0 radical (unpaired) electrons. The van der Waals surface area contributed by atoms with Gasteiger partial charge < -0.3 is 5.11 Å². The number of aromatic amines is 1. The van der Waals surface area contributed by atoms with Gasteiger partial charge in [-0.05, 0) is 25.2 Å². The number of hydrogen-bond acceptors (Lipinski definition) is 4. The summed E-state index contributed by atoms with van der Waals surface area (Å²) in [5.74, 6) is 0.504. The molecule has 7 heteroatoms. The quantitative estimate of drug-likeness (QED) is 0.862. The van der Waals surface area contributed by atoms with E-state index in [1.54, 1.807) is 4.31 Å². The second kappa shape index (κ2) is 4.88. The van der Waals surface area contributed by atoms with E-state index in [0.717, 1.165) is 25.7 Å². The lowest BCUT2D eigenvalue weighted by molar-refractivity contribution is 0.258. The number of nitrogens with zero attached hydrogens (tertiary/aromatic N) is 2. The van der Waals surface area contributed by atoms with E-state index in [2.05, 4.69) is 10.2 Å². The van der Waals surface area contributed by atoms with Crippen molar-refractivity contribution >= 4 is 10.0 Å². The summed E-state index contributed by atoms with van der Waals surface area (Å²) in [4.78, 5) is 0. The average Bonchev–Trinajstić information content (AvgIpc) is 3.05. The fraction of sp³-hybridized carbons (Fsp3) is 0.750. The number of rotatable bonds is 3. The lowest BCUT2D eigenvalue weighted by Gasteiger charge is -2.30. The summed E-state index contributed by atoms with van der Waals surface area (Å²) >= 11 is 0. The van der Waals surface area contributed by atoms with Crippen LogP contribution in [0.3, 0.4) is 0 Å². The van der Waals surface area contributed by atoms with Crippen molar-refractivity contribution in [1.82, 2.24) is 14.5 Å². The third kappa shape index (κ3) is 2.09. The summed E-state index contributed by atoms with van der Waals surface area (Å²) < 4.78 is 27.0. The van der Waals surface area contributed by atoms with Crippen LogP contribution in [-0.4, -0.2) is 40.6 Å². The van der Waals surface area contributed by atoms with Crippen molar-refractivity contribution in [3.8, 4) is 0 Å². The number of aliphatic hydroxyl groups excluding tert-OH is 1. The summed E-state index contributed by atoms with van der Waals surface area (Å²) in [6, 6.07) is 0.133. The normalized spacial score (nSPS) is 28.5. The van der Waals surface area contributed by atoms with Gasteiger partial charge in [0.2, 0.25) is 0 Å². The highest BCUT2D eigenvalue weighted by molar-refractivity contribution is 7.89. The second-order valence-corrected chi connectivity index (χ2v) is 7.23. The maximum Gasteiger partial charge on any atom is 0.260 e. The zero-order valence-corrected chi connectivity index (χ0v) is 11.6. The first-order valence-electron chi connectivity index (χ1n) is 6.79. The molecule has 0 bridgehead atoms. The van der Waals surface area contributed by atoms with Crippen molar-refractivity contribution in [2.45, 2.75) is 49.8 Å². The van der Waals surface area contributed by atoms with Gasteiger partial charge in [0.25, 0.3) is 10.0 Å². The summed E-state index contributed by atoms with van der Waals surface area (Å²) in [6.45, 7) is 0.272. The van der Waals surface area contributed by atoms with Gasteiger partial charge in [0.15, 0.2) is 5.03 Å². The van der Waals surface area contributed by atoms with E-state index in [1.807, 2.05) is 0 Å². The minimum atomic E-state index is -3.55. The molecule has 1 saturated carbocycles. The van der Waals surface area contributed by atoms with Crippen LogP contribution < -0.4 is 0 Å². The molecule has 3 rings (SSSR count). The van der Waals surface area contributed by atoms with Crippen LogP contribution in [0.1, 0.15) is 37.7 Å². The lowest BCUT2D eigenvalue weighted by Crippen LogP contribution is -2.39. The Hall–Kier alpha value is -0.920. The number of hydrogen-bond donors (Lipinski definition) is 2. The lowest BCUT2D eigenvalue weighted by atomic mass is 9.86. The summed E-state index contributed by atoms with van der Waals surface area (Å²) in [5, 5.41) is 15.5. The Balaban J connectivity index is 1.92. The van der Waals surface area contributed by atoms with Gasteiger partial charge in [-0.15, -0.1) is 0 Å². The molecule has 1 saturated heterocycles. The first-order valence-corrected chi connectivity index (χ1v) is 8.23. The number of nitrogens with one attached hydrogen (secondary N) is 1. The smallest absolute Gasteiger partial charge is 0.260 e. The molecule has 6 nitrogen and oxygen atoms in total.